The van der Waals surface area contributed by atoms with Crippen LogP contribution in [0.5, 0.6) is 0 Å². The molecule has 4 rings (SSSR count). The average molecular weight is 357 g/mol. The van der Waals surface area contributed by atoms with Crippen molar-refractivity contribution in [3.8, 4) is 0 Å². The second-order valence-electron chi connectivity index (χ2n) is 8.05. The molecule has 1 aliphatic heterocycles. The summed E-state index contributed by atoms with van der Waals surface area (Å²) in [6.07, 6.45) is 1.62. The van der Waals surface area contributed by atoms with Crippen LogP contribution in [0.25, 0.3) is 11.0 Å². The fraction of sp³-hybridized carbons (Fsp3) is 0.526. The van der Waals surface area contributed by atoms with Crippen molar-refractivity contribution in [3.05, 3.63) is 29.6 Å². The van der Waals surface area contributed by atoms with Crippen LogP contribution in [0.3, 0.4) is 0 Å². The van der Waals surface area contributed by atoms with Gasteiger partial charge in [0.2, 0.25) is 0 Å². The van der Waals surface area contributed by atoms with E-state index in [1.807, 2.05) is 25.7 Å². The smallest absolute Gasteiger partial charge is 0.411 e. The monoisotopic (exact) mass is 357 g/mol. The lowest BCUT2D eigenvalue weighted by molar-refractivity contribution is 0.0175. The molecule has 1 N–H and O–H groups in total. The zero-order valence-corrected chi connectivity index (χ0v) is 15.4. The lowest BCUT2D eigenvalue weighted by atomic mass is 10.1. The van der Waals surface area contributed by atoms with Crippen molar-refractivity contribution >= 4 is 23.1 Å². The summed E-state index contributed by atoms with van der Waals surface area (Å²) >= 11 is 0. The van der Waals surface area contributed by atoms with Crippen molar-refractivity contribution in [2.45, 2.75) is 51.3 Å². The summed E-state index contributed by atoms with van der Waals surface area (Å²) in [7, 11) is 1.36. The number of fused-ring (bicyclic) bond motifs is 2. The standard InChI is InChI=1S/C19H23N3O4/c1-19(2,3)26-18(24)22-14-8-11(14)9-15(22)16-20-12-6-5-10(17(23)25-4)7-13(12)21-16/h5-7,11,14-15H,8-9H2,1-4H3,(H,20,21)/t11-,14-,15-/m0/s1. The number of aromatic amines is 1. The molecule has 3 atom stereocenters. The summed E-state index contributed by atoms with van der Waals surface area (Å²) in [5.74, 6) is 0.868. The maximum absolute atomic E-state index is 12.7. The molecule has 26 heavy (non-hydrogen) atoms. The predicted octanol–water partition coefficient (Wildman–Crippen LogP) is 3.42. The molecule has 1 aromatic carbocycles. The highest BCUT2D eigenvalue weighted by molar-refractivity contribution is 5.93. The number of aromatic nitrogens is 2. The number of hydrogen-bond acceptors (Lipinski definition) is 5. The zero-order valence-electron chi connectivity index (χ0n) is 15.4. The van der Waals surface area contributed by atoms with E-state index in [2.05, 4.69) is 9.97 Å². The van der Waals surface area contributed by atoms with Crippen LogP contribution in [-0.4, -0.2) is 45.7 Å². The van der Waals surface area contributed by atoms with Crippen LogP contribution in [0.2, 0.25) is 0 Å². The van der Waals surface area contributed by atoms with E-state index in [0.717, 1.165) is 29.7 Å². The van der Waals surface area contributed by atoms with E-state index in [-0.39, 0.29) is 24.1 Å². The van der Waals surface area contributed by atoms with Crippen LogP contribution < -0.4 is 0 Å². The Morgan fingerprint density at radius 1 is 1.27 bits per heavy atom. The largest absolute Gasteiger partial charge is 0.465 e. The summed E-state index contributed by atoms with van der Waals surface area (Å²) in [4.78, 5) is 34.2. The number of carbonyl (C=O) groups is 2. The van der Waals surface area contributed by atoms with Gasteiger partial charge in [-0.25, -0.2) is 14.6 Å². The van der Waals surface area contributed by atoms with Gasteiger partial charge in [0.05, 0.1) is 29.7 Å². The first-order valence-electron chi connectivity index (χ1n) is 8.86. The number of benzene rings is 1. The third-order valence-electron chi connectivity index (χ3n) is 4.95. The Balaban J connectivity index is 1.63. The van der Waals surface area contributed by atoms with E-state index in [4.69, 9.17) is 9.47 Å². The summed E-state index contributed by atoms with van der Waals surface area (Å²) in [5.41, 5.74) is 1.45. The number of esters is 1. The van der Waals surface area contributed by atoms with Gasteiger partial charge in [0.15, 0.2) is 0 Å². The Hall–Kier alpha value is -2.57. The highest BCUT2D eigenvalue weighted by Crippen LogP contribution is 2.53. The van der Waals surface area contributed by atoms with Gasteiger partial charge in [0, 0.05) is 6.04 Å². The Morgan fingerprint density at radius 2 is 2.04 bits per heavy atom. The molecule has 2 heterocycles. The summed E-state index contributed by atoms with van der Waals surface area (Å²) in [6.45, 7) is 5.61. The Labute approximate surface area is 151 Å². The summed E-state index contributed by atoms with van der Waals surface area (Å²) in [6, 6.07) is 5.33. The topological polar surface area (TPSA) is 84.5 Å². The zero-order chi connectivity index (χ0) is 18.6. The van der Waals surface area contributed by atoms with E-state index >= 15 is 0 Å². The molecule has 2 aromatic rings. The Morgan fingerprint density at radius 3 is 2.73 bits per heavy atom. The average Bonchev–Trinajstić information content (AvgIpc) is 3.05. The van der Waals surface area contributed by atoms with E-state index in [0.29, 0.717) is 11.5 Å². The normalized spacial score (nSPS) is 24.5. The van der Waals surface area contributed by atoms with E-state index in [1.54, 1.807) is 18.2 Å². The van der Waals surface area contributed by atoms with Gasteiger partial charge in [-0.3, -0.25) is 4.90 Å². The Bertz CT molecular complexity index is 883. The first kappa shape index (κ1) is 16.9. The van der Waals surface area contributed by atoms with Crippen LogP contribution in [0.1, 0.15) is 55.8 Å². The molecule has 1 amide bonds. The lowest BCUT2D eigenvalue weighted by Gasteiger charge is -2.29. The van der Waals surface area contributed by atoms with Gasteiger partial charge in [-0.2, -0.15) is 0 Å². The van der Waals surface area contributed by atoms with E-state index < -0.39 is 5.60 Å². The van der Waals surface area contributed by atoms with Crippen LogP contribution in [0, 0.1) is 5.92 Å². The maximum atomic E-state index is 12.7. The van der Waals surface area contributed by atoms with Gasteiger partial charge in [-0.15, -0.1) is 0 Å². The van der Waals surface area contributed by atoms with Gasteiger partial charge < -0.3 is 14.5 Å². The van der Waals surface area contributed by atoms with Crippen molar-refractivity contribution in [2.24, 2.45) is 5.92 Å². The molecule has 138 valence electrons. The minimum atomic E-state index is -0.530. The number of piperidine rings is 1. The molecule has 1 saturated heterocycles. The van der Waals surface area contributed by atoms with Crippen LogP contribution in [0.15, 0.2) is 18.2 Å². The summed E-state index contributed by atoms with van der Waals surface area (Å²) in [5, 5.41) is 0. The maximum Gasteiger partial charge on any atom is 0.411 e. The van der Waals surface area contributed by atoms with Gasteiger partial charge >= 0.3 is 12.1 Å². The molecule has 2 aliphatic rings. The molecule has 7 heteroatoms. The number of ether oxygens (including phenoxy) is 2. The number of imidazole rings is 1. The highest BCUT2D eigenvalue weighted by atomic mass is 16.6. The molecular weight excluding hydrogens is 334 g/mol. The van der Waals surface area contributed by atoms with Crippen LogP contribution in [-0.2, 0) is 9.47 Å². The number of hydrogen-bond donors (Lipinski definition) is 1. The molecule has 1 saturated carbocycles. The van der Waals surface area contributed by atoms with Crippen molar-refractivity contribution in [3.63, 3.8) is 0 Å². The molecule has 0 bridgehead atoms. The number of carbonyl (C=O) groups excluding carboxylic acids is 2. The highest BCUT2D eigenvalue weighted by Gasteiger charge is 2.56. The quantitative estimate of drug-likeness (QED) is 0.833. The molecule has 1 aromatic heterocycles. The van der Waals surface area contributed by atoms with Gasteiger partial charge in [0.25, 0.3) is 0 Å². The van der Waals surface area contributed by atoms with Crippen molar-refractivity contribution in [1.29, 1.82) is 0 Å². The molecule has 0 spiro atoms. The van der Waals surface area contributed by atoms with Crippen molar-refractivity contribution in [2.75, 3.05) is 7.11 Å². The van der Waals surface area contributed by atoms with Crippen molar-refractivity contribution < 1.29 is 19.1 Å². The number of methoxy groups -OCH3 is 1. The lowest BCUT2D eigenvalue weighted by Crippen LogP contribution is -2.38. The number of rotatable bonds is 2. The molecule has 0 radical (unpaired) electrons. The fourth-order valence-corrected chi connectivity index (χ4v) is 3.71. The number of nitrogens with zero attached hydrogens (tertiary/aromatic N) is 2. The number of nitrogens with one attached hydrogen (secondary N) is 1. The first-order chi connectivity index (χ1) is 12.3. The first-order valence-corrected chi connectivity index (χ1v) is 8.86. The van der Waals surface area contributed by atoms with E-state index in [9.17, 15) is 9.59 Å². The second-order valence-corrected chi connectivity index (χ2v) is 8.05. The molecule has 1 aliphatic carbocycles. The van der Waals surface area contributed by atoms with E-state index in [1.165, 1.54) is 7.11 Å². The van der Waals surface area contributed by atoms with Gasteiger partial charge in [0.1, 0.15) is 11.4 Å². The molecular formula is C19H23N3O4. The number of H-pyrrole nitrogens is 1. The molecule has 7 nitrogen and oxygen atoms in total. The van der Waals surface area contributed by atoms with Crippen LogP contribution in [0.4, 0.5) is 4.79 Å². The minimum absolute atomic E-state index is 0.123. The third-order valence-corrected chi connectivity index (χ3v) is 4.95. The van der Waals surface area contributed by atoms with Crippen LogP contribution >= 0.6 is 0 Å². The van der Waals surface area contributed by atoms with Crippen molar-refractivity contribution in [1.82, 2.24) is 14.9 Å². The predicted molar refractivity (Wildman–Crippen MR) is 94.8 cm³/mol. The number of amides is 1. The third kappa shape index (κ3) is 2.91. The Kier molecular flexibility index (Phi) is 3.71. The van der Waals surface area contributed by atoms with Gasteiger partial charge in [-0.05, 0) is 57.7 Å². The fourth-order valence-electron chi connectivity index (χ4n) is 3.71. The molecule has 2 fully saturated rings. The molecule has 0 unspecified atom stereocenters. The SMILES string of the molecule is COC(=O)c1ccc2nc([C@@H]3C[C@@H]4C[C@@H]4N3C(=O)OC(C)(C)C)[nH]c2c1. The number of likely N-dealkylation sites (tertiary alicyclic amines) is 1. The summed E-state index contributed by atoms with van der Waals surface area (Å²) < 4.78 is 10.4. The van der Waals surface area contributed by atoms with Gasteiger partial charge in [-0.1, -0.05) is 0 Å². The minimum Gasteiger partial charge on any atom is -0.465 e. The second kappa shape index (κ2) is 5.72.